The molecule has 1 amide bonds. The van der Waals surface area contributed by atoms with Crippen molar-refractivity contribution in [3.8, 4) is 0 Å². The summed E-state index contributed by atoms with van der Waals surface area (Å²) >= 11 is 1.50. The molecule has 5 nitrogen and oxygen atoms in total. The largest absolute Gasteiger partial charge is 0.325 e. The fraction of sp³-hybridized carbons (Fsp3) is 0.267. The maximum absolute atomic E-state index is 12.4. The quantitative estimate of drug-likeness (QED) is 0.900. The molecule has 1 aromatic carbocycles. The van der Waals surface area contributed by atoms with Crippen molar-refractivity contribution in [1.82, 2.24) is 4.72 Å². The summed E-state index contributed by atoms with van der Waals surface area (Å²) in [6.07, 6.45) is 0. The zero-order chi connectivity index (χ0) is 16.0. The highest BCUT2D eigenvalue weighted by molar-refractivity contribution is 7.89. The molecule has 2 aromatic rings. The lowest BCUT2D eigenvalue weighted by molar-refractivity contribution is -0.119. The van der Waals surface area contributed by atoms with E-state index >= 15 is 0 Å². The van der Waals surface area contributed by atoms with Crippen LogP contribution in [-0.2, 0) is 26.8 Å². The molecule has 22 heavy (non-hydrogen) atoms. The van der Waals surface area contributed by atoms with Gasteiger partial charge in [-0.05, 0) is 49.1 Å². The summed E-state index contributed by atoms with van der Waals surface area (Å²) in [5, 5.41) is 4.67. The molecule has 1 aliphatic rings. The minimum atomic E-state index is -3.61. The number of hydrogen-bond donors (Lipinski definition) is 2. The predicted octanol–water partition coefficient (Wildman–Crippen LogP) is 2.46. The smallest absolute Gasteiger partial charge is 0.240 e. The Balaban J connectivity index is 1.89. The van der Waals surface area contributed by atoms with Crippen LogP contribution in [0.25, 0.3) is 0 Å². The van der Waals surface area contributed by atoms with E-state index in [0.29, 0.717) is 11.3 Å². The standard InChI is InChI=1S/C15H16N2O3S2/c1-15(2)12-8-11(5-6-13(12)17-14(15)18)22(19,20)16-9-10-4-3-7-21-10/h3-8,16H,9H2,1-2H3,(H,17,18). The predicted molar refractivity (Wildman–Crippen MR) is 86.4 cm³/mol. The van der Waals surface area contributed by atoms with Gasteiger partial charge in [-0.25, -0.2) is 13.1 Å². The van der Waals surface area contributed by atoms with E-state index in [0.717, 1.165) is 4.88 Å². The van der Waals surface area contributed by atoms with E-state index in [1.165, 1.54) is 17.4 Å². The number of nitrogens with one attached hydrogen (secondary N) is 2. The van der Waals surface area contributed by atoms with Gasteiger partial charge in [-0.1, -0.05) is 6.07 Å². The molecular formula is C15H16N2O3S2. The van der Waals surface area contributed by atoms with Crippen LogP contribution in [0.15, 0.2) is 40.6 Å². The van der Waals surface area contributed by atoms with Gasteiger partial charge in [-0.2, -0.15) is 0 Å². The number of hydrogen-bond acceptors (Lipinski definition) is 4. The first kappa shape index (κ1) is 15.2. The molecule has 1 aromatic heterocycles. The Labute approximate surface area is 133 Å². The Morgan fingerprint density at radius 2 is 2.05 bits per heavy atom. The van der Waals surface area contributed by atoms with Gasteiger partial charge in [-0.3, -0.25) is 4.79 Å². The van der Waals surface area contributed by atoms with Crippen LogP contribution in [0.1, 0.15) is 24.3 Å². The van der Waals surface area contributed by atoms with Gasteiger partial charge in [0.15, 0.2) is 0 Å². The van der Waals surface area contributed by atoms with Crippen LogP contribution in [0, 0.1) is 0 Å². The van der Waals surface area contributed by atoms with E-state index < -0.39 is 15.4 Å². The zero-order valence-electron chi connectivity index (χ0n) is 12.2. The molecule has 0 bridgehead atoms. The van der Waals surface area contributed by atoms with Gasteiger partial charge in [0.1, 0.15) is 0 Å². The highest BCUT2D eigenvalue weighted by Crippen LogP contribution is 2.38. The van der Waals surface area contributed by atoms with Gasteiger partial charge >= 0.3 is 0 Å². The van der Waals surface area contributed by atoms with Gasteiger partial charge in [0.25, 0.3) is 0 Å². The van der Waals surface area contributed by atoms with Crippen LogP contribution in [0.4, 0.5) is 5.69 Å². The van der Waals surface area contributed by atoms with E-state index in [4.69, 9.17) is 0 Å². The maximum Gasteiger partial charge on any atom is 0.240 e. The average molecular weight is 336 g/mol. The molecule has 0 aliphatic carbocycles. The highest BCUT2D eigenvalue weighted by Gasteiger charge is 2.39. The first-order chi connectivity index (χ1) is 10.3. The normalized spacial score (nSPS) is 16.4. The molecular weight excluding hydrogens is 320 g/mol. The second kappa shape index (κ2) is 5.19. The third-order valence-electron chi connectivity index (χ3n) is 3.81. The number of sulfonamides is 1. The minimum Gasteiger partial charge on any atom is -0.325 e. The van der Waals surface area contributed by atoms with Crippen molar-refractivity contribution < 1.29 is 13.2 Å². The zero-order valence-corrected chi connectivity index (χ0v) is 13.8. The molecule has 0 saturated heterocycles. The molecule has 0 unspecified atom stereocenters. The molecule has 0 radical (unpaired) electrons. The van der Waals surface area contributed by atoms with Crippen molar-refractivity contribution in [2.75, 3.05) is 5.32 Å². The van der Waals surface area contributed by atoms with E-state index in [2.05, 4.69) is 10.0 Å². The maximum atomic E-state index is 12.4. The summed E-state index contributed by atoms with van der Waals surface area (Å²) in [5.74, 6) is -0.122. The lowest BCUT2D eigenvalue weighted by Gasteiger charge is -2.16. The van der Waals surface area contributed by atoms with Gasteiger partial charge < -0.3 is 5.32 Å². The molecule has 2 heterocycles. The number of amides is 1. The van der Waals surface area contributed by atoms with Crippen LogP contribution in [-0.4, -0.2) is 14.3 Å². The van der Waals surface area contributed by atoms with E-state index in [-0.39, 0.29) is 17.3 Å². The molecule has 0 spiro atoms. The second-order valence-corrected chi connectivity index (χ2v) is 8.49. The van der Waals surface area contributed by atoms with Gasteiger partial charge in [-0.15, -0.1) is 11.3 Å². The number of carbonyl (C=O) groups excluding carboxylic acids is 1. The Kier molecular flexibility index (Phi) is 3.58. The monoisotopic (exact) mass is 336 g/mol. The van der Waals surface area contributed by atoms with Crippen LogP contribution in [0.3, 0.4) is 0 Å². The summed E-state index contributed by atoms with van der Waals surface area (Å²) in [6.45, 7) is 3.82. The van der Waals surface area contributed by atoms with Crippen LogP contribution in [0.2, 0.25) is 0 Å². The van der Waals surface area contributed by atoms with Crippen molar-refractivity contribution in [1.29, 1.82) is 0 Å². The lowest BCUT2D eigenvalue weighted by Crippen LogP contribution is -2.27. The summed E-state index contributed by atoms with van der Waals surface area (Å²) in [7, 11) is -3.61. The topological polar surface area (TPSA) is 75.3 Å². The average Bonchev–Trinajstić information content (AvgIpc) is 3.05. The van der Waals surface area contributed by atoms with Crippen molar-refractivity contribution >= 4 is 33.0 Å². The minimum absolute atomic E-state index is 0.122. The molecule has 1 aliphatic heterocycles. The van der Waals surface area contributed by atoms with Gasteiger partial charge in [0, 0.05) is 17.1 Å². The lowest BCUT2D eigenvalue weighted by atomic mass is 9.86. The molecule has 7 heteroatoms. The Hall–Kier alpha value is -1.70. The number of carbonyl (C=O) groups is 1. The van der Waals surface area contributed by atoms with Crippen molar-refractivity contribution in [2.24, 2.45) is 0 Å². The molecule has 3 rings (SSSR count). The van der Waals surface area contributed by atoms with Crippen LogP contribution >= 0.6 is 11.3 Å². The Morgan fingerprint density at radius 1 is 1.27 bits per heavy atom. The summed E-state index contributed by atoms with van der Waals surface area (Å²) < 4.78 is 27.4. The Bertz CT molecular complexity index is 824. The van der Waals surface area contributed by atoms with Gasteiger partial charge in [0.05, 0.1) is 10.3 Å². The summed E-state index contributed by atoms with van der Waals surface area (Å²) in [6, 6.07) is 8.48. The van der Waals surface area contributed by atoms with Gasteiger partial charge in [0.2, 0.25) is 15.9 Å². The first-order valence-corrected chi connectivity index (χ1v) is 9.15. The molecule has 0 atom stereocenters. The summed E-state index contributed by atoms with van der Waals surface area (Å²) in [5.41, 5.74) is 0.651. The fourth-order valence-electron chi connectivity index (χ4n) is 2.38. The Morgan fingerprint density at radius 3 is 2.73 bits per heavy atom. The highest BCUT2D eigenvalue weighted by atomic mass is 32.2. The molecule has 0 fully saturated rings. The first-order valence-electron chi connectivity index (χ1n) is 6.79. The number of anilines is 1. The van der Waals surface area contributed by atoms with E-state index in [1.807, 2.05) is 17.5 Å². The number of rotatable bonds is 4. The van der Waals surface area contributed by atoms with Crippen molar-refractivity contribution in [3.63, 3.8) is 0 Å². The van der Waals surface area contributed by atoms with Crippen LogP contribution in [0.5, 0.6) is 0 Å². The van der Waals surface area contributed by atoms with Crippen LogP contribution < -0.4 is 10.0 Å². The second-order valence-electron chi connectivity index (χ2n) is 5.69. The number of fused-ring (bicyclic) bond motifs is 1. The van der Waals surface area contributed by atoms with E-state index in [9.17, 15) is 13.2 Å². The van der Waals surface area contributed by atoms with Crippen molar-refractivity contribution in [2.45, 2.75) is 30.7 Å². The molecule has 0 saturated carbocycles. The SMILES string of the molecule is CC1(C)C(=O)Nc2ccc(S(=O)(=O)NCc3cccs3)cc21. The third kappa shape index (κ3) is 2.55. The van der Waals surface area contributed by atoms with Crippen molar-refractivity contribution in [3.05, 3.63) is 46.2 Å². The molecule has 116 valence electrons. The number of thiophene rings is 1. The summed E-state index contributed by atoms with van der Waals surface area (Å²) in [4.78, 5) is 13.0. The van der Waals surface area contributed by atoms with E-state index in [1.54, 1.807) is 26.0 Å². The number of benzene rings is 1. The third-order valence-corrected chi connectivity index (χ3v) is 6.08. The fourth-order valence-corrected chi connectivity index (χ4v) is 4.15. The molecule has 2 N–H and O–H groups in total.